The van der Waals surface area contributed by atoms with E-state index in [0.717, 1.165) is 17.1 Å². The zero-order chi connectivity index (χ0) is 34.6. The number of anilines is 6. The van der Waals surface area contributed by atoms with Gasteiger partial charge >= 0.3 is 0 Å². The summed E-state index contributed by atoms with van der Waals surface area (Å²) in [5, 5.41) is 0. The maximum Gasteiger partial charge on any atom is 0.248 e. The van der Waals surface area contributed by atoms with Crippen LogP contribution in [0.4, 0.5) is 34.1 Å². The van der Waals surface area contributed by atoms with Crippen LogP contribution in [0.2, 0.25) is 0 Å². The molecule has 2 aliphatic rings. The van der Waals surface area contributed by atoms with Crippen LogP contribution >= 0.6 is 0 Å². The van der Waals surface area contributed by atoms with Crippen molar-refractivity contribution in [2.45, 2.75) is 39.5 Å². The van der Waals surface area contributed by atoms with Crippen LogP contribution in [0.3, 0.4) is 0 Å². The molecule has 0 N–H and O–H groups in total. The van der Waals surface area contributed by atoms with Gasteiger partial charge in [-0.25, -0.2) is 0 Å². The van der Waals surface area contributed by atoms with Gasteiger partial charge in [0, 0.05) is 34.1 Å². The number of para-hydroxylation sites is 1. The average molecular weight is 657 g/mol. The van der Waals surface area contributed by atoms with Gasteiger partial charge < -0.3 is 9.80 Å². The molecule has 0 amide bonds. The molecule has 0 saturated carbocycles. The predicted molar refractivity (Wildman–Crippen MR) is 220 cm³/mol. The smallest absolute Gasteiger partial charge is 0.248 e. The zero-order valence-corrected chi connectivity index (χ0v) is 29.7. The highest BCUT2D eigenvalue weighted by molar-refractivity contribution is 7.01. The van der Waals surface area contributed by atoms with Crippen LogP contribution in [0.5, 0.6) is 0 Å². The Kier molecular flexibility index (Phi) is 7.66. The third-order valence-corrected chi connectivity index (χ3v) is 10.8. The largest absolute Gasteiger partial charge is 0.311 e. The third kappa shape index (κ3) is 5.27. The first-order valence-corrected chi connectivity index (χ1v) is 18.3. The third-order valence-electron chi connectivity index (χ3n) is 10.8. The van der Waals surface area contributed by atoms with Gasteiger partial charge in [0.2, 0.25) is 6.71 Å². The monoisotopic (exact) mass is 656 g/mol. The molecule has 246 valence electrons. The van der Waals surface area contributed by atoms with E-state index in [4.69, 9.17) is 0 Å². The van der Waals surface area contributed by atoms with Crippen LogP contribution in [0.1, 0.15) is 50.7 Å². The summed E-state index contributed by atoms with van der Waals surface area (Å²) >= 11 is 0. The van der Waals surface area contributed by atoms with E-state index in [0.29, 0.717) is 11.8 Å². The maximum absolute atomic E-state index is 2.52. The highest BCUT2D eigenvalue weighted by Crippen LogP contribution is 2.46. The summed E-state index contributed by atoms with van der Waals surface area (Å²) in [5.41, 5.74) is 19.1. The lowest BCUT2D eigenvalue weighted by molar-refractivity contribution is 0.866. The summed E-state index contributed by atoms with van der Waals surface area (Å²) in [6.45, 7) is 9.30. The van der Waals surface area contributed by atoms with Crippen molar-refractivity contribution in [1.29, 1.82) is 0 Å². The van der Waals surface area contributed by atoms with Crippen LogP contribution in [0, 0.1) is 0 Å². The fraction of sp³-hybridized carbons (Fsp3) is 0.125. The van der Waals surface area contributed by atoms with Gasteiger partial charge in [-0.3, -0.25) is 0 Å². The van der Waals surface area contributed by atoms with Crippen molar-refractivity contribution in [3.05, 3.63) is 175 Å². The molecule has 2 heterocycles. The summed E-state index contributed by atoms with van der Waals surface area (Å²) in [5.74, 6) is 0.919. The number of benzene rings is 7. The fourth-order valence-electron chi connectivity index (χ4n) is 8.18. The standard InChI is InChI=1S/C48H41BN2/c1-32(2)34-19-24-40(25-20-34)51-46-28-23-37(33(3)4)29-45(46)49-44-18-12-11-17-42(44)43-30-41(31-47(51)48(43)49)50(38-15-9-6-10-16-38)39-26-21-36(22-27-39)35-13-7-5-8-14-35/h5-33H,1-4H3. The first kappa shape index (κ1) is 31.2. The molecule has 7 aromatic carbocycles. The van der Waals surface area contributed by atoms with Crippen molar-refractivity contribution < 1.29 is 0 Å². The van der Waals surface area contributed by atoms with Crippen molar-refractivity contribution in [2.24, 2.45) is 0 Å². The normalized spacial score (nSPS) is 12.6. The molecule has 0 fully saturated rings. The average Bonchev–Trinajstić information content (AvgIpc) is 3.51. The Morgan fingerprint density at radius 3 is 1.76 bits per heavy atom. The minimum Gasteiger partial charge on any atom is -0.311 e. The Labute approximate surface area is 302 Å². The van der Waals surface area contributed by atoms with Crippen molar-refractivity contribution in [3.8, 4) is 22.3 Å². The van der Waals surface area contributed by atoms with Crippen LogP contribution in [-0.2, 0) is 0 Å². The molecule has 0 unspecified atom stereocenters. The Balaban J connectivity index is 1.29. The molecule has 3 heteroatoms. The second-order valence-electron chi connectivity index (χ2n) is 14.6. The van der Waals surface area contributed by atoms with Crippen LogP contribution in [0.25, 0.3) is 22.3 Å². The summed E-state index contributed by atoms with van der Waals surface area (Å²) in [4.78, 5) is 4.94. The minimum atomic E-state index is 0.176. The predicted octanol–water partition coefficient (Wildman–Crippen LogP) is 11.3. The van der Waals surface area contributed by atoms with Gasteiger partial charge in [-0.1, -0.05) is 142 Å². The zero-order valence-electron chi connectivity index (χ0n) is 29.7. The van der Waals surface area contributed by atoms with Gasteiger partial charge in [0.05, 0.1) is 0 Å². The van der Waals surface area contributed by atoms with Gasteiger partial charge in [0.25, 0.3) is 0 Å². The second kappa shape index (κ2) is 12.5. The topological polar surface area (TPSA) is 6.48 Å². The van der Waals surface area contributed by atoms with E-state index in [1.165, 1.54) is 66.8 Å². The molecule has 9 rings (SSSR count). The molecule has 0 radical (unpaired) electrons. The first-order chi connectivity index (χ1) is 25.0. The van der Waals surface area contributed by atoms with E-state index in [1.807, 2.05) is 0 Å². The SMILES string of the molecule is CC(C)c1ccc(N2c3ccc(C(C)C)cc3B3c4ccccc4-c4cc(N(c5ccccc5)c5ccc(-c6ccccc6)cc5)cc2c43)cc1. The molecular formula is C48H41BN2. The Hall–Kier alpha value is -5.80. The molecule has 0 aromatic heterocycles. The van der Waals surface area contributed by atoms with Crippen molar-refractivity contribution in [1.82, 2.24) is 0 Å². The van der Waals surface area contributed by atoms with E-state index < -0.39 is 0 Å². The number of rotatable bonds is 7. The van der Waals surface area contributed by atoms with E-state index in [9.17, 15) is 0 Å². The maximum atomic E-state index is 2.52. The molecular weight excluding hydrogens is 615 g/mol. The molecule has 7 aromatic rings. The Bertz CT molecular complexity index is 2360. The number of hydrogen-bond acceptors (Lipinski definition) is 2. The molecule has 0 spiro atoms. The molecule has 0 saturated heterocycles. The van der Waals surface area contributed by atoms with Crippen molar-refractivity contribution in [2.75, 3.05) is 9.80 Å². The van der Waals surface area contributed by atoms with Crippen LogP contribution < -0.4 is 26.2 Å². The van der Waals surface area contributed by atoms with Gasteiger partial charge in [-0.05, 0) is 111 Å². The van der Waals surface area contributed by atoms with Gasteiger partial charge in [-0.15, -0.1) is 0 Å². The van der Waals surface area contributed by atoms with E-state index in [1.54, 1.807) is 0 Å². The van der Waals surface area contributed by atoms with E-state index >= 15 is 0 Å². The summed E-state index contributed by atoms with van der Waals surface area (Å²) < 4.78 is 0. The molecule has 2 aliphatic heterocycles. The van der Waals surface area contributed by atoms with Gasteiger partial charge in [0.1, 0.15) is 0 Å². The lowest BCUT2D eigenvalue weighted by Crippen LogP contribution is -2.54. The van der Waals surface area contributed by atoms with Crippen molar-refractivity contribution >= 4 is 57.2 Å². The fourth-order valence-corrected chi connectivity index (χ4v) is 8.18. The van der Waals surface area contributed by atoms with Gasteiger partial charge in [0.15, 0.2) is 0 Å². The molecule has 51 heavy (non-hydrogen) atoms. The lowest BCUT2D eigenvalue weighted by atomic mass is 9.37. The van der Waals surface area contributed by atoms with Crippen LogP contribution in [-0.4, -0.2) is 6.71 Å². The molecule has 2 nitrogen and oxygen atoms in total. The first-order valence-electron chi connectivity index (χ1n) is 18.3. The number of fused-ring (bicyclic) bond motifs is 5. The minimum absolute atomic E-state index is 0.176. The highest BCUT2D eigenvalue weighted by atomic mass is 15.2. The Morgan fingerprint density at radius 1 is 0.451 bits per heavy atom. The number of nitrogens with zero attached hydrogens (tertiary/aromatic N) is 2. The number of hydrogen-bond donors (Lipinski definition) is 0. The van der Waals surface area contributed by atoms with Gasteiger partial charge in [-0.2, -0.15) is 0 Å². The van der Waals surface area contributed by atoms with Crippen molar-refractivity contribution in [3.63, 3.8) is 0 Å². The lowest BCUT2D eigenvalue weighted by Gasteiger charge is -2.37. The van der Waals surface area contributed by atoms with Crippen LogP contribution in [0.15, 0.2) is 164 Å². The summed E-state index contributed by atoms with van der Waals surface area (Å²) in [6, 6.07) is 60.8. The second-order valence-corrected chi connectivity index (χ2v) is 14.6. The summed E-state index contributed by atoms with van der Waals surface area (Å²) in [7, 11) is 0. The van der Waals surface area contributed by atoms with E-state index in [2.05, 4.69) is 201 Å². The molecule has 0 bridgehead atoms. The van der Waals surface area contributed by atoms with E-state index in [-0.39, 0.29) is 6.71 Å². The quantitative estimate of drug-likeness (QED) is 0.158. The highest BCUT2D eigenvalue weighted by Gasteiger charge is 2.43. The molecule has 0 aliphatic carbocycles. The summed E-state index contributed by atoms with van der Waals surface area (Å²) in [6.07, 6.45) is 0. The molecule has 0 atom stereocenters. The Morgan fingerprint density at radius 2 is 1.06 bits per heavy atom.